The van der Waals surface area contributed by atoms with Crippen molar-refractivity contribution in [2.24, 2.45) is 5.92 Å². The number of benzene rings is 3. The predicted octanol–water partition coefficient (Wildman–Crippen LogP) is 7.43. The summed E-state index contributed by atoms with van der Waals surface area (Å²) < 4.78 is 23.6. The summed E-state index contributed by atoms with van der Waals surface area (Å²) in [6.07, 6.45) is 9.24. The maximum atomic E-state index is 6.15. The van der Waals surface area contributed by atoms with Gasteiger partial charge >= 0.3 is 0 Å². The lowest BCUT2D eigenvalue weighted by molar-refractivity contribution is 0.174. The number of hydrogen-bond donors (Lipinski definition) is 0. The van der Waals surface area contributed by atoms with Crippen LogP contribution in [0.5, 0.6) is 23.0 Å². The summed E-state index contributed by atoms with van der Waals surface area (Å²) in [5.41, 5.74) is 9.51. The normalized spacial score (nSPS) is 19.5. The number of hydrogen-bond acceptors (Lipinski definition) is 5. The number of ether oxygens (including phenoxy) is 4. The molecule has 1 saturated carbocycles. The summed E-state index contributed by atoms with van der Waals surface area (Å²) in [6, 6.07) is 20.0. The molecule has 5 heteroatoms. The fourth-order valence-electron chi connectivity index (χ4n) is 7.45. The molecule has 3 heterocycles. The summed E-state index contributed by atoms with van der Waals surface area (Å²) in [7, 11) is 3.55. The minimum absolute atomic E-state index is 0.277. The highest BCUT2D eigenvalue weighted by Gasteiger charge is 2.43. The topological polar surface area (TPSA) is 40.2 Å². The van der Waals surface area contributed by atoms with Gasteiger partial charge in [0.2, 0.25) is 6.79 Å². The number of rotatable bonds is 7. The van der Waals surface area contributed by atoms with Crippen molar-refractivity contribution in [1.82, 2.24) is 4.90 Å². The lowest BCUT2D eigenvalue weighted by atomic mass is 9.76. The van der Waals surface area contributed by atoms with Gasteiger partial charge in [0.15, 0.2) is 23.0 Å². The van der Waals surface area contributed by atoms with Crippen LogP contribution >= 0.6 is 0 Å². The van der Waals surface area contributed by atoms with Crippen LogP contribution in [0.2, 0.25) is 0 Å². The zero-order chi connectivity index (χ0) is 26.3. The lowest BCUT2D eigenvalue weighted by Gasteiger charge is -2.48. The van der Waals surface area contributed by atoms with Gasteiger partial charge in [-0.25, -0.2) is 0 Å². The minimum Gasteiger partial charge on any atom is -0.493 e. The molecule has 0 spiro atoms. The van der Waals surface area contributed by atoms with Crippen molar-refractivity contribution in [1.29, 1.82) is 0 Å². The van der Waals surface area contributed by atoms with Gasteiger partial charge < -0.3 is 23.8 Å². The fourth-order valence-corrected chi connectivity index (χ4v) is 7.45. The van der Waals surface area contributed by atoms with Crippen molar-refractivity contribution in [2.45, 2.75) is 57.4 Å². The van der Waals surface area contributed by atoms with E-state index in [4.69, 9.17) is 18.9 Å². The molecule has 0 aromatic heterocycles. The molecule has 0 unspecified atom stereocenters. The highest BCUT2D eigenvalue weighted by Crippen LogP contribution is 2.57. The van der Waals surface area contributed by atoms with Gasteiger partial charge in [0.05, 0.1) is 20.3 Å². The Bertz CT molecular complexity index is 1410. The Morgan fingerprint density at radius 2 is 1.67 bits per heavy atom. The van der Waals surface area contributed by atoms with Crippen LogP contribution in [-0.2, 0) is 12.8 Å². The zero-order valence-corrected chi connectivity index (χ0v) is 23.0. The molecule has 4 aliphatic rings. The molecule has 0 amide bonds. The summed E-state index contributed by atoms with van der Waals surface area (Å²) in [5, 5.41) is 0. The van der Waals surface area contributed by atoms with E-state index in [-0.39, 0.29) is 6.04 Å². The van der Waals surface area contributed by atoms with Crippen molar-refractivity contribution in [3.05, 3.63) is 82.4 Å². The lowest BCUT2D eigenvalue weighted by Crippen LogP contribution is -2.40. The molecule has 39 heavy (non-hydrogen) atoms. The number of aryl methyl sites for hydroxylation is 1. The van der Waals surface area contributed by atoms with E-state index >= 15 is 0 Å². The van der Waals surface area contributed by atoms with Gasteiger partial charge in [-0.1, -0.05) is 49.2 Å². The first-order valence-corrected chi connectivity index (χ1v) is 14.5. The number of allylic oxidation sites excluding steroid dienone is 1. The van der Waals surface area contributed by atoms with E-state index < -0.39 is 0 Å². The monoisotopic (exact) mass is 523 g/mol. The van der Waals surface area contributed by atoms with Crippen molar-refractivity contribution in [3.8, 4) is 23.0 Å². The summed E-state index contributed by atoms with van der Waals surface area (Å²) in [6.45, 7) is 1.29. The molecule has 0 N–H and O–H groups in total. The van der Waals surface area contributed by atoms with Gasteiger partial charge in [-0.2, -0.15) is 0 Å². The third kappa shape index (κ3) is 4.14. The second-order valence-corrected chi connectivity index (χ2v) is 11.2. The van der Waals surface area contributed by atoms with Crippen LogP contribution in [0.1, 0.15) is 72.4 Å². The fraction of sp³-hybridized carbons (Fsp3) is 0.412. The first kappa shape index (κ1) is 24.4. The molecular formula is C34H37NO4. The van der Waals surface area contributed by atoms with E-state index in [1.165, 1.54) is 64.8 Å². The molecule has 3 aromatic carbocycles. The van der Waals surface area contributed by atoms with E-state index in [9.17, 15) is 0 Å². The van der Waals surface area contributed by atoms with Crippen LogP contribution in [0, 0.1) is 5.92 Å². The average Bonchev–Trinajstić information content (AvgIpc) is 3.67. The highest BCUT2D eigenvalue weighted by atomic mass is 16.7. The molecule has 3 aromatic rings. The molecule has 0 radical (unpaired) electrons. The standard InChI is InChI=1S/C34H37NO4/c1-36-28-16-15-25-26(14-8-11-22-9-4-3-5-10-22)33-27-20-30-29(38-21-39-30)19-24(27)17-18-35(33)32(23-12-6-7-13-23)31(25)34(28)37-2/h3-5,9-10,15-16,19-20,23,32H,6-8,11-14,17-18,21H2,1-2H3/t32-/m1/s1. The van der Waals surface area contributed by atoms with E-state index in [0.29, 0.717) is 12.7 Å². The Kier molecular flexibility index (Phi) is 6.38. The van der Waals surface area contributed by atoms with Crippen LogP contribution in [0.3, 0.4) is 0 Å². The van der Waals surface area contributed by atoms with E-state index in [1.54, 1.807) is 14.2 Å². The first-order valence-electron chi connectivity index (χ1n) is 14.5. The Hall–Kier alpha value is -3.60. The highest BCUT2D eigenvalue weighted by molar-refractivity contribution is 5.96. The predicted molar refractivity (Wildman–Crippen MR) is 153 cm³/mol. The maximum absolute atomic E-state index is 6.15. The molecule has 3 aliphatic heterocycles. The van der Waals surface area contributed by atoms with Crippen molar-refractivity contribution < 1.29 is 18.9 Å². The zero-order valence-electron chi connectivity index (χ0n) is 23.0. The number of fused-ring (bicyclic) bond motifs is 5. The van der Waals surface area contributed by atoms with Crippen molar-refractivity contribution in [3.63, 3.8) is 0 Å². The molecule has 1 fully saturated rings. The first-order chi connectivity index (χ1) is 19.3. The summed E-state index contributed by atoms with van der Waals surface area (Å²) in [5.74, 6) is 4.07. The molecule has 0 bridgehead atoms. The van der Waals surface area contributed by atoms with Gasteiger partial charge in [-0.3, -0.25) is 0 Å². The van der Waals surface area contributed by atoms with Crippen molar-refractivity contribution in [2.75, 3.05) is 27.6 Å². The van der Waals surface area contributed by atoms with Crippen LogP contribution in [0.25, 0.3) is 11.3 Å². The second-order valence-electron chi connectivity index (χ2n) is 11.2. The van der Waals surface area contributed by atoms with Crippen LogP contribution in [-0.4, -0.2) is 32.5 Å². The second kappa shape index (κ2) is 10.2. The molecular weight excluding hydrogens is 486 g/mol. The van der Waals surface area contributed by atoms with Crippen molar-refractivity contribution >= 4 is 11.3 Å². The van der Waals surface area contributed by atoms with Gasteiger partial charge in [0, 0.05) is 23.4 Å². The van der Waals surface area contributed by atoms with E-state index in [0.717, 1.165) is 55.2 Å². The Balaban J connectivity index is 1.42. The molecule has 1 atom stereocenters. The van der Waals surface area contributed by atoms with E-state index in [2.05, 4.69) is 59.5 Å². The van der Waals surface area contributed by atoms with E-state index in [1.807, 2.05) is 0 Å². The van der Waals surface area contributed by atoms with Gasteiger partial charge in [-0.05, 0) is 84.9 Å². The molecule has 1 aliphatic carbocycles. The summed E-state index contributed by atoms with van der Waals surface area (Å²) in [4.78, 5) is 2.72. The van der Waals surface area contributed by atoms with Crippen LogP contribution in [0.4, 0.5) is 0 Å². The van der Waals surface area contributed by atoms with Gasteiger partial charge in [0.1, 0.15) is 0 Å². The molecule has 5 nitrogen and oxygen atoms in total. The third-order valence-electron chi connectivity index (χ3n) is 9.17. The smallest absolute Gasteiger partial charge is 0.231 e. The van der Waals surface area contributed by atoms with Crippen LogP contribution < -0.4 is 18.9 Å². The Morgan fingerprint density at radius 1 is 0.872 bits per heavy atom. The molecule has 7 rings (SSSR count). The molecule has 202 valence electrons. The minimum atomic E-state index is 0.277. The third-order valence-corrected chi connectivity index (χ3v) is 9.17. The quantitative estimate of drug-likeness (QED) is 0.322. The number of nitrogens with zero attached hydrogens (tertiary/aromatic N) is 1. The molecule has 0 saturated heterocycles. The van der Waals surface area contributed by atoms with Crippen LogP contribution in [0.15, 0.2) is 54.6 Å². The SMILES string of the molecule is COc1ccc2c(c1OC)[C@@H](C1CCCC1)N1CCc3cc4c(cc3C1=C2CCCc1ccccc1)OCO4. The Labute approximate surface area is 231 Å². The Morgan fingerprint density at radius 3 is 2.44 bits per heavy atom. The maximum Gasteiger partial charge on any atom is 0.231 e. The number of methoxy groups -OCH3 is 2. The summed E-state index contributed by atoms with van der Waals surface area (Å²) >= 11 is 0. The van der Waals surface area contributed by atoms with Gasteiger partial charge in [0.25, 0.3) is 0 Å². The largest absolute Gasteiger partial charge is 0.493 e. The average molecular weight is 524 g/mol. The van der Waals surface area contributed by atoms with Gasteiger partial charge in [-0.15, -0.1) is 0 Å².